The summed E-state index contributed by atoms with van der Waals surface area (Å²) in [6.45, 7) is 4.78. The highest BCUT2D eigenvalue weighted by Gasteiger charge is 2.24. The van der Waals surface area contributed by atoms with E-state index in [1.165, 1.54) is 5.69 Å². The molecule has 1 aromatic rings. The van der Waals surface area contributed by atoms with Gasteiger partial charge in [0.25, 0.3) is 0 Å². The largest absolute Gasteiger partial charge is 0.497 e. The first kappa shape index (κ1) is 15.1. The van der Waals surface area contributed by atoms with Gasteiger partial charge in [0, 0.05) is 18.8 Å². The average molecular weight is 278 g/mol. The van der Waals surface area contributed by atoms with Gasteiger partial charge in [-0.3, -0.25) is 0 Å². The van der Waals surface area contributed by atoms with Crippen molar-refractivity contribution in [1.29, 1.82) is 0 Å². The van der Waals surface area contributed by atoms with E-state index in [1.807, 2.05) is 12.1 Å². The zero-order valence-electron chi connectivity index (χ0n) is 12.5. The number of benzene rings is 1. The number of ether oxygens (including phenoxy) is 2. The summed E-state index contributed by atoms with van der Waals surface area (Å²) in [5, 5.41) is 0. The van der Waals surface area contributed by atoms with Gasteiger partial charge in [0.05, 0.1) is 19.3 Å². The fraction of sp³-hybridized carbons (Fsp3) is 0.625. The maximum atomic E-state index is 5.94. The summed E-state index contributed by atoms with van der Waals surface area (Å²) in [4.78, 5) is 2.37. The topological polar surface area (TPSA) is 47.7 Å². The Morgan fingerprint density at radius 2 is 2.05 bits per heavy atom. The third-order valence-corrected chi connectivity index (χ3v) is 3.81. The lowest BCUT2D eigenvalue weighted by molar-refractivity contribution is 0.0600. The molecule has 2 N–H and O–H groups in total. The molecule has 1 aromatic carbocycles. The zero-order valence-corrected chi connectivity index (χ0v) is 12.5. The van der Waals surface area contributed by atoms with Gasteiger partial charge in [-0.25, -0.2) is 0 Å². The van der Waals surface area contributed by atoms with Crippen molar-refractivity contribution < 1.29 is 9.47 Å². The summed E-state index contributed by atoms with van der Waals surface area (Å²) in [5.41, 5.74) is 6.86. The summed E-state index contributed by atoms with van der Waals surface area (Å²) in [6.07, 6.45) is 4.04. The fourth-order valence-corrected chi connectivity index (χ4v) is 2.67. The number of methoxy groups -OCH3 is 1. The molecule has 0 bridgehead atoms. The Bertz CT molecular complexity index is 394. The van der Waals surface area contributed by atoms with Crippen LogP contribution in [0.4, 0.5) is 5.69 Å². The molecule has 1 heterocycles. The van der Waals surface area contributed by atoms with Crippen molar-refractivity contribution in [3.05, 3.63) is 24.3 Å². The second-order valence-electron chi connectivity index (χ2n) is 5.43. The van der Waals surface area contributed by atoms with Crippen LogP contribution in [0.25, 0.3) is 0 Å². The van der Waals surface area contributed by atoms with Crippen LogP contribution in [0.1, 0.15) is 26.2 Å². The summed E-state index contributed by atoms with van der Waals surface area (Å²) in [5.74, 6) is 0.887. The predicted molar refractivity (Wildman–Crippen MR) is 82.4 cm³/mol. The van der Waals surface area contributed by atoms with Crippen LogP contribution in [0.15, 0.2) is 24.3 Å². The Morgan fingerprint density at radius 1 is 1.30 bits per heavy atom. The van der Waals surface area contributed by atoms with E-state index in [9.17, 15) is 0 Å². The van der Waals surface area contributed by atoms with E-state index in [0.29, 0.717) is 18.8 Å². The van der Waals surface area contributed by atoms with Crippen LogP contribution in [-0.4, -0.2) is 39.0 Å². The molecule has 20 heavy (non-hydrogen) atoms. The van der Waals surface area contributed by atoms with Gasteiger partial charge in [0.1, 0.15) is 5.75 Å². The van der Waals surface area contributed by atoms with E-state index in [0.717, 1.165) is 38.1 Å². The molecular weight excluding hydrogens is 252 g/mol. The van der Waals surface area contributed by atoms with Crippen LogP contribution >= 0.6 is 0 Å². The molecule has 2 unspecified atom stereocenters. The zero-order chi connectivity index (χ0) is 14.4. The lowest BCUT2D eigenvalue weighted by Gasteiger charge is -2.27. The van der Waals surface area contributed by atoms with Gasteiger partial charge in [-0.15, -0.1) is 0 Å². The molecule has 0 aliphatic carbocycles. The summed E-state index contributed by atoms with van der Waals surface area (Å²) in [6, 6.07) is 8.22. The molecule has 0 radical (unpaired) electrons. The van der Waals surface area contributed by atoms with E-state index in [2.05, 4.69) is 24.0 Å². The molecule has 0 aromatic heterocycles. The van der Waals surface area contributed by atoms with Crippen molar-refractivity contribution in [3.63, 3.8) is 0 Å². The molecule has 1 fully saturated rings. The number of nitrogens with zero attached hydrogens (tertiary/aromatic N) is 1. The average Bonchev–Trinajstić information content (AvgIpc) is 2.89. The number of hydrogen-bond acceptors (Lipinski definition) is 4. The molecular formula is C16H26N2O2. The van der Waals surface area contributed by atoms with Crippen LogP contribution < -0.4 is 15.4 Å². The van der Waals surface area contributed by atoms with E-state index in [1.54, 1.807) is 7.11 Å². The first-order chi connectivity index (χ1) is 9.72. The van der Waals surface area contributed by atoms with E-state index in [4.69, 9.17) is 15.2 Å². The van der Waals surface area contributed by atoms with Gasteiger partial charge in [0.2, 0.25) is 0 Å². The molecule has 112 valence electrons. The summed E-state index contributed by atoms with van der Waals surface area (Å²) >= 11 is 0. The number of rotatable bonds is 7. The van der Waals surface area contributed by atoms with Gasteiger partial charge in [0.15, 0.2) is 0 Å². The minimum atomic E-state index is 0.338. The first-order valence-corrected chi connectivity index (χ1v) is 7.47. The van der Waals surface area contributed by atoms with Crippen molar-refractivity contribution in [2.24, 2.45) is 5.73 Å². The fourth-order valence-electron chi connectivity index (χ4n) is 2.67. The normalized spacial score (nSPS) is 21.9. The molecule has 1 saturated heterocycles. The quantitative estimate of drug-likeness (QED) is 0.832. The lowest BCUT2D eigenvalue weighted by Crippen LogP contribution is -2.34. The van der Waals surface area contributed by atoms with Gasteiger partial charge < -0.3 is 20.1 Å². The Morgan fingerprint density at radius 3 is 2.60 bits per heavy atom. The van der Waals surface area contributed by atoms with Gasteiger partial charge in [-0.05, 0) is 57.0 Å². The number of hydrogen-bond donors (Lipinski definition) is 1. The first-order valence-electron chi connectivity index (χ1n) is 7.47. The molecule has 2 atom stereocenters. The number of nitrogens with two attached hydrogens (primary N) is 1. The van der Waals surface area contributed by atoms with Gasteiger partial charge >= 0.3 is 0 Å². The summed E-state index contributed by atoms with van der Waals surface area (Å²) < 4.78 is 11.2. The monoisotopic (exact) mass is 278 g/mol. The molecule has 4 heteroatoms. The Balaban J connectivity index is 2.01. The van der Waals surface area contributed by atoms with Crippen LogP contribution in [0.5, 0.6) is 5.75 Å². The maximum absolute atomic E-state index is 5.94. The maximum Gasteiger partial charge on any atom is 0.119 e. The highest BCUT2D eigenvalue weighted by Crippen LogP contribution is 2.24. The molecule has 1 aliphatic rings. The molecule has 4 nitrogen and oxygen atoms in total. The SMILES string of the molecule is COc1ccc(N(CCCN)CC2CCC(C)O2)cc1. The van der Waals surface area contributed by atoms with Crippen LogP contribution in [0, 0.1) is 0 Å². The van der Waals surface area contributed by atoms with Gasteiger partial charge in [-0.1, -0.05) is 0 Å². The van der Waals surface area contributed by atoms with Crippen molar-refractivity contribution in [2.75, 3.05) is 31.6 Å². The molecule has 0 saturated carbocycles. The predicted octanol–water partition coefficient (Wildman–Crippen LogP) is 2.42. The van der Waals surface area contributed by atoms with E-state index in [-0.39, 0.29) is 0 Å². The van der Waals surface area contributed by atoms with Crippen molar-refractivity contribution in [2.45, 2.75) is 38.4 Å². The van der Waals surface area contributed by atoms with Gasteiger partial charge in [-0.2, -0.15) is 0 Å². The third-order valence-electron chi connectivity index (χ3n) is 3.81. The van der Waals surface area contributed by atoms with Crippen molar-refractivity contribution in [1.82, 2.24) is 0 Å². The lowest BCUT2D eigenvalue weighted by atomic mass is 10.1. The molecule has 1 aliphatic heterocycles. The summed E-state index contributed by atoms with van der Waals surface area (Å²) in [7, 11) is 1.69. The molecule has 0 spiro atoms. The van der Waals surface area contributed by atoms with E-state index < -0.39 is 0 Å². The Labute approximate surface area is 121 Å². The highest BCUT2D eigenvalue weighted by atomic mass is 16.5. The van der Waals surface area contributed by atoms with Crippen LogP contribution in [0.3, 0.4) is 0 Å². The molecule has 2 rings (SSSR count). The Hall–Kier alpha value is -1.26. The minimum absolute atomic E-state index is 0.338. The Kier molecular flexibility index (Phi) is 5.68. The number of anilines is 1. The smallest absolute Gasteiger partial charge is 0.119 e. The van der Waals surface area contributed by atoms with Crippen molar-refractivity contribution >= 4 is 5.69 Å². The molecule has 0 amide bonds. The second-order valence-corrected chi connectivity index (χ2v) is 5.43. The third kappa shape index (κ3) is 4.12. The standard InChI is InChI=1S/C16H26N2O2/c1-13-4-7-16(20-13)12-18(11-3-10-17)14-5-8-15(19-2)9-6-14/h5-6,8-9,13,16H,3-4,7,10-12,17H2,1-2H3. The van der Waals surface area contributed by atoms with Crippen molar-refractivity contribution in [3.8, 4) is 5.75 Å². The second kappa shape index (κ2) is 7.50. The minimum Gasteiger partial charge on any atom is -0.497 e. The highest BCUT2D eigenvalue weighted by molar-refractivity contribution is 5.49. The van der Waals surface area contributed by atoms with Crippen LogP contribution in [0.2, 0.25) is 0 Å². The van der Waals surface area contributed by atoms with Crippen LogP contribution in [-0.2, 0) is 4.74 Å². The van der Waals surface area contributed by atoms with E-state index >= 15 is 0 Å².